The number of aromatic nitrogens is 1. The predicted molar refractivity (Wildman–Crippen MR) is 188 cm³/mol. The number of para-hydroxylation sites is 2. The van der Waals surface area contributed by atoms with Gasteiger partial charge in [-0.1, -0.05) is 127 Å². The Balaban J connectivity index is 1.06. The number of hydrogen-bond donors (Lipinski definition) is 0. The summed E-state index contributed by atoms with van der Waals surface area (Å²) in [5.41, 5.74) is 9.72. The van der Waals surface area contributed by atoms with Gasteiger partial charge in [0.25, 0.3) is 0 Å². The van der Waals surface area contributed by atoms with Crippen LogP contribution in [0.1, 0.15) is 0 Å². The fourth-order valence-corrected chi connectivity index (χ4v) is 6.65. The predicted octanol–water partition coefficient (Wildman–Crippen LogP) is 12.0. The largest absolute Gasteiger partial charge is 0.436 e. The fourth-order valence-electron chi connectivity index (χ4n) is 6.65. The highest BCUT2D eigenvalue weighted by atomic mass is 16.3. The van der Waals surface area contributed by atoms with Gasteiger partial charge in [0, 0.05) is 5.56 Å². The highest BCUT2D eigenvalue weighted by molar-refractivity contribution is 6.25. The molecule has 0 saturated carbocycles. The van der Waals surface area contributed by atoms with Gasteiger partial charge in [-0.25, -0.2) is 4.98 Å². The Bertz CT molecular complexity index is 2470. The molecule has 2 heteroatoms. The molecule has 1 aromatic heterocycles. The fraction of sp³-hybridized carbons (Fsp3) is 0. The van der Waals surface area contributed by atoms with Crippen molar-refractivity contribution in [2.75, 3.05) is 0 Å². The lowest BCUT2D eigenvalue weighted by atomic mass is 9.91. The van der Waals surface area contributed by atoms with E-state index in [1.165, 1.54) is 54.6 Å². The van der Waals surface area contributed by atoms with Gasteiger partial charge in [-0.05, 0) is 102 Å². The molecule has 0 fully saturated rings. The molecule has 0 bridgehead atoms. The summed E-state index contributed by atoms with van der Waals surface area (Å²) in [5.74, 6) is 0.639. The van der Waals surface area contributed by atoms with E-state index in [2.05, 4.69) is 140 Å². The van der Waals surface area contributed by atoms with E-state index in [9.17, 15) is 0 Å². The van der Waals surface area contributed by atoms with Gasteiger partial charge < -0.3 is 4.42 Å². The van der Waals surface area contributed by atoms with Gasteiger partial charge in [0.2, 0.25) is 5.89 Å². The zero-order chi connectivity index (χ0) is 29.7. The zero-order valence-electron chi connectivity index (χ0n) is 24.4. The Labute approximate surface area is 260 Å². The van der Waals surface area contributed by atoms with E-state index in [0.717, 1.165) is 27.8 Å². The highest BCUT2D eigenvalue weighted by Crippen LogP contribution is 2.38. The second-order valence-electron chi connectivity index (χ2n) is 11.6. The van der Waals surface area contributed by atoms with Crippen molar-refractivity contribution >= 4 is 43.4 Å². The molecule has 0 amide bonds. The molecule has 0 spiro atoms. The molecule has 0 atom stereocenters. The molecule has 0 saturated heterocycles. The van der Waals surface area contributed by atoms with Gasteiger partial charge in [0.15, 0.2) is 5.58 Å². The summed E-state index contributed by atoms with van der Waals surface area (Å²) >= 11 is 0. The highest BCUT2D eigenvalue weighted by Gasteiger charge is 2.12. The van der Waals surface area contributed by atoms with Gasteiger partial charge in [-0.3, -0.25) is 0 Å². The van der Waals surface area contributed by atoms with Gasteiger partial charge in [-0.2, -0.15) is 0 Å². The molecule has 9 rings (SSSR count). The van der Waals surface area contributed by atoms with Crippen LogP contribution in [0.5, 0.6) is 0 Å². The van der Waals surface area contributed by atoms with Gasteiger partial charge >= 0.3 is 0 Å². The third kappa shape index (κ3) is 4.39. The van der Waals surface area contributed by atoms with E-state index in [1.807, 2.05) is 24.3 Å². The van der Waals surface area contributed by atoms with Crippen LogP contribution in [-0.2, 0) is 0 Å². The molecule has 45 heavy (non-hydrogen) atoms. The topological polar surface area (TPSA) is 26.0 Å². The first kappa shape index (κ1) is 25.5. The number of rotatable bonds is 4. The summed E-state index contributed by atoms with van der Waals surface area (Å²) in [5, 5.41) is 7.78. The summed E-state index contributed by atoms with van der Waals surface area (Å²) < 4.78 is 6.04. The number of oxazole rings is 1. The molecule has 0 aliphatic rings. The molecule has 8 aromatic carbocycles. The number of benzene rings is 8. The normalized spacial score (nSPS) is 11.6. The van der Waals surface area contributed by atoms with Gasteiger partial charge in [0.1, 0.15) is 5.52 Å². The van der Waals surface area contributed by atoms with Crippen LogP contribution < -0.4 is 0 Å². The van der Waals surface area contributed by atoms with Crippen molar-refractivity contribution in [1.82, 2.24) is 4.98 Å². The summed E-state index contributed by atoms with van der Waals surface area (Å²) in [4.78, 5) is 4.69. The molecule has 0 N–H and O–H groups in total. The van der Waals surface area contributed by atoms with E-state index in [1.54, 1.807) is 0 Å². The minimum atomic E-state index is 0.639. The number of fused-ring (bicyclic) bond motifs is 7. The summed E-state index contributed by atoms with van der Waals surface area (Å²) in [6.45, 7) is 0. The first-order valence-electron chi connectivity index (χ1n) is 15.3. The SMILES string of the molecule is c1cc(-c2ccc(-c3ccc4c5ccccc5c5ccccc5c4c3)cc2)cc(-c2cccc(-c3nc4ccccc4o3)c2)c1. The molecule has 0 aliphatic carbocycles. The standard InChI is InChI=1S/C43H27NO/c1-2-15-37-35(13-1)36-14-3-4-16-38(36)40-27-33(23-24-39(37)40)29-21-19-28(20-22-29)30-9-7-10-31(25-30)32-11-8-12-34(26-32)43-44-41-17-5-6-18-42(41)45-43/h1-27H. The Morgan fingerprint density at radius 3 is 1.38 bits per heavy atom. The lowest BCUT2D eigenvalue weighted by molar-refractivity contribution is 0.620. The average Bonchev–Trinajstić information content (AvgIpc) is 3.57. The minimum absolute atomic E-state index is 0.639. The summed E-state index contributed by atoms with van der Waals surface area (Å²) in [6, 6.07) is 58.3. The number of hydrogen-bond acceptors (Lipinski definition) is 2. The first-order valence-corrected chi connectivity index (χ1v) is 15.3. The smallest absolute Gasteiger partial charge is 0.227 e. The molecule has 0 radical (unpaired) electrons. The monoisotopic (exact) mass is 573 g/mol. The molecule has 0 unspecified atom stereocenters. The van der Waals surface area contributed by atoms with E-state index in [0.29, 0.717) is 5.89 Å². The molecule has 9 aromatic rings. The van der Waals surface area contributed by atoms with Crippen molar-refractivity contribution in [1.29, 1.82) is 0 Å². The second-order valence-corrected chi connectivity index (χ2v) is 11.6. The molecule has 2 nitrogen and oxygen atoms in total. The van der Waals surface area contributed by atoms with Crippen LogP contribution in [0.2, 0.25) is 0 Å². The first-order chi connectivity index (χ1) is 22.3. The minimum Gasteiger partial charge on any atom is -0.436 e. The van der Waals surface area contributed by atoms with E-state index < -0.39 is 0 Å². The van der Waals surface area contributed by atoms with Crippen molar-refractivity contribution in [3.05, 3.63) is 164 Å². The van der Waals surface area contributed by atoms with Crippen LogP contribution in [0, 0.1) is 0 Å². The van der Waals surface area contributed by atoms with Crippen LogP contribution >= 0.6 is 0 Å². The summed E-state index contributed by atoms with van der Waals surface area (Å²) in [6.07, 6.45) is 0. The maximum absolute atomic E-state index is 6.04. The van der Waals surface area contributed by atoms with Crippen LogP contribution in [0.4, 0.5) is 0 Å². The van der Waals surface area contributed by atoms with E-state index in [4.69, 9.17) is 9.40 Å². The van der Waals surface area contributed by atoms with Gasteiger partial charge in [0.05, 0.1) is 0 Å². The van der Waals surface area contributed by atoms with Gasteiger partial charge in [-0.15, -0.1) is 0 Å². The zero-order valence-corrected chi connectivity index (χ0v) is 24.4. The third-order valence-electron chi connectivity index (χ3n) is 8.90. The Hall–Kier alpha value is -5.99. The molecule has 0 aliphatic heterocycles. The Morgan fingerprint density at radius 2 is 0.756 bits per heavy atom. The maximum Gasteiger partial charge on any atom is 0.227 e. The van der Waals surface area contributed by atoms with Crippen LogP contribution in [-0.4, -0.2) is 4.98 Å². The molecule has 1 heterocycles. The van der Waals surface area contributed by atoms with Crippen molar-refractivity contribution in [2.45, 2.75) is 0 Å². The second kappa shape index (κ2) is 10.3. The van der Waals surface area contributed by atoms with Crippen molar-refractivity contribution in [3.8, 4) is 44.8 Å². The van der Waals surface area contributed by atoms with Crippen molar-refractivity contribution < 1.29 is 4.42 Å². The lowest BCUT2D eigenvalue weighted by Crippen LogP contribution is -1.86. The van der Waals surface area contributed by atoms with Crippen LogP contribution in [0.25, 0.3) is 88.3 Å². The van der Waals surface area contributed by atoms with Crippen LogP contribution in [0.15, 0.2) is 168 Å². The van der Waals surface area contributed by atoms with E-state index in [-0.39, 0.29) is 0 Å². The average molecular weight is 574 g/mol. The quantitative estimate of drug-likeness (QED) is 0.196. The van der Waals surface area contributed by atoms with Crippen LogP contribution in [0.3, 0.4) is 0 Å². The van der Waals surface area contributed by atoms with Crippen molar-refractivity contribution in [3.63, 3.8) is 0 Å². The third-order valence-corrected chi connectivity index (χ3v) is 8.90. The lowest BCUT2D eigenvalue weighted by Gasteiger charge is -2.12. The Kier molecular flexibility index (Phi) is 5.85. The summed E-state index contributed by atoms with van der Waals surface area (Å²) in [7, 11) is 0. The number of nitrogens with zero attached hydrogens (tertiary/aromatic N) is 1. The van der Waals surface area contributed by atoms with Crippen molar-refractivity contribution in [2.24, 2.45) is 0 Å². The van der Waals surface area contributed by atoms with E-state index >= 15 is 0 Å². The molecular formula is C43H27NO. The Morgan fingerprint density at radius 1 is 0.311 bits per heavy atom. The molecular weight excluding hydrogens is 546 g/mol. The molecule has 210 valence electrons. The maximum atomic E-state index is 6.04.